The molecule has 1 atom stereocenters. The first kappa shape index (κ1) is 19.1. The van der Waals surface area contributed by atoms with Crippen LogP contribution in [-0.4, -0.2) is 46.5 Å². The average Bonchev–Trinajstić information content (AvgIpc) is 2.42. The fraction of sp³-hybridized carbons (Fsp3) is 0.273. The minimum absolute atomic E-state index is 0.0260. The SMILES string of the molecule is Nc1c(I)c(C(=O)O)c(I)c(C(=O)NC[C@H](O)CO)c1I. The van der Waals surface area contributed by atoms with E-state index in [0.717, 1.165) is 0 Å². The van der Waals surface area contributed by atoms with Crippen molar-refractivity contribution < 1.29 is 24.9 Å². The van der Waals surface area contributed by atoms with Gasteiger partial charge in [0.15, 0.2) is 0 Å². The van der Waals surface area contributed by atoms with E-state index in [2.05, 4.69) is 5.32 Å². The number of halogens is 3. The topological polar surface area (TPSA) is 133 Å². The van der Waals surface area contributed by atoms with Gasteiger partial charge in [-0.25, -0.2) is 4.79 Å². The van der Waals surface area contributed by atoms with Crippen LogP contribution in [0.1, 0.15) is 20.7 Å². The Morgan fingerprint density at radius 3 is 2.14 bits per heavy atom. The minimum atomic E-state index is -1.17. The van der Waals surface area contributed by atoms with Crippen LogP contribution in [0, 0.1) is 10.7 Å². The predicted molar refractivity (Wildman–Crippen MR) is 101 cm³/mol. The second-order valence-electron chi connectivity index (χ2n) is 3.96. The molecule has 1 aromatic rings. The zero-order valence-electron chi connectivity index (χ0n) is 10.4. The summed E-state index contributed by atoms with van der Waals surface area (Å²) < 4.78 is 1.10. The Kier molecular flexibility index (Phi) is 7.35. The number of rotatable bonds is 5. The van der Waals surface area contributed by atoms with E-state index < -0.39 is 24.6 Å². The second kappa shape index (κ2) is 8.07. The normalized spacial score (nSPS) is 12.0. The first-order valence-corrected chi connectivity index (χ1v) is 8.72. The molecule has 0 fully saturated rings. The van der Waals surface area contributed by atoms with Gasteiger partial charge in [0.05, 0.1) is 36.7 Å². The molecular weight excluding hydrogens is 621 g/mol. The van der Waals surface area contributed by atoms with Crippen LogP contribution in [0.15, 0.2) is 0 Å². The van der Waals surface area contributed by atoms with Crippen LogP contribution in [-0.2, 0) is 0 Å². The van der Waals surface area contributed by atoms with Crippen LogP contribution in [0.25, 0.3) is 0 Å². The van der Waals surface area contributed by atoms with Crippen molar-refractivity contribution in [2.24, 2.45) is 0 Å². The second-order valence-corrected chi connectivity index (χ2v) is 7.19. The lowest BCUT2D eigenvalue weighted by Crippen LogP contribution is -2.35. The van der Waals surface area contributed by atoms with Crippen LogP contribution in [0.2, 0.25) is 0 Å². The van der Waals surface area contributed by atoms with E-state index >= 15 is 0 Å². The standard InChI is InChI=1S/C11H11I3N2O5/c12-6-4(10(19)16-1-3(18)2-17)7(13)9(15)8(14)5(6)11(20)21/h3,17-18H,1-2,15H2,(H,16,19)(H,20,21)/t3-/m0/s1. The molecule has 0 unspecified atom stereocenters. The molecule has 0 heterocycles. The lowest BCUT2D eigenvalue weighted by molar-refractivity contribution is 0.0694. The number of hydrogen-bond acceptors (Lipinski definition) is 5. The third-order valence-corrected chi connectivity index (χ3v) is 5.82. The van der Waals surface area contributed by atoms with E-state index in [4.69, 9.17) is 10.8 Å². The van der Waals surface area contributed by atoms with Crippen molar-refractivity contribution in [3.05, 3.63) is 21.8 Å². The summed E-state index contributed by atoms with van der Waals surface area (Å²) in [5.74, 6) is -1.72. The predicted octanol–water partition coefficient (Wildman–Crippen LogP) is 0.864. The van der Waals surface area contributed by atoms with Crippen molar-refractivity contribution in [3.8, 4) is 0 Å². The highest BCUT2D eigenvalue weighted by Gasteiger charge is 2.26. The molecular formula is C11H11I3N2O5. The molecule has 7 nitrogen and oxygen atoms in total. The molecule has 0 bridgehead atoms. The molecule has 0 aliphatic carbocycles. The Labute approximate surface area is 161 Å². The van der Waals surface area contributed by atoms with Crippen molar-refractivity contribution in [1.82, 2.24) is 5.32 Å². The first-order valence-electron chi connectivity index (χ1n) is 5.48. The third kappa shape index (κ3) is 4.29. The number of carboxylic acids is 1. The third-order valence-electron chi connectivity index (χ3n) is 2.50. The van der Waals surface area contributed by atoms with Crippen LogP contribution < -0.4 is 11.1 Å². The molecule has 1 amide bonds. The molecule has 1 rings (SSSR count). The van der Waals surface area contributed by atoms with Gasteiger partial charge in [-0.2, -0.15) is 0 Å². The number of benzene rings is 1. The summed E-state index contributed by atoms with van der Waals surface area (Å²) >= 11 is 5.49. The van der Waals surface area contributed by atoms with E-state index in [1.54, 1.807) is 22.6 Å². The highest BCUT2D eigenvalue weighted by Crippen LogP contribution is 2.33. The van der Waals surface area contributed by atoms with E-state index in [-0.39, 0.29) is 26.9 Å². The van der Waals surface area contributed by atoms with Gasteiger partial charge in [0.25, 0.3) is 5.91 Å². The first-order chi connectivity index (χ1) is 9.72. The average molecular weight is 632 g/mol. The number of amides is 1. The molecule has 0 spiro atoms. The summed E-state index contributed by atoms with van der Waals surface area (Å²) in [4.78, 5) is 23.5. The number of nitrogens with two attached hydrogens (primary N) is 1. The van der Waals surface area contributed by atoms with Crippen molar-refractivity contribution in [3.63, 3.8) is 0 Å². The fourth-order valence-corrected chi connectivity index (χ4v) is 5.55. The van der Waals surface area contributed by atoms with Gasteiger partial charge in [0.2, 0.25) is 0 Å². The number of carboxylic acid groups (broad SMARTS) is 1. The van der Waals surface area contributed by atoms with Gasteiger partial charge in [-0.05, 0) is 67.8 Å². The fourth-order valence-electron chi connectivity index (χ4n) is 1.43. The molecule has 0 saturated carbocycles. The summed E-state index contributed by atoms with van der Waals surface area (Å²) in [6.45, 7) is -0.626. The van der Waals surface area contributed by atoms with Gasteiger partial charge in [-0.1, -0.05) is 0 Å². The lowest BCUT2D eigenvalue weighted by Gasteiger charge is -2.16. The largest absolute Gasteiger partial charge is 0.478 e. The molecule has 0 radical (unpaired) electrons. The van der Waals surface area contributed by atoms with E-state index in [1.165, 1.54) is 0 Å². The maximum atomic E-state index is 12.2. The summed E-state index contributed by atoms with van der Waals surface area (Å²) in [6.07, 6.45) is -1.08. The molecule has 0 aromatic heterocycles. The number of hydrogen-bond donors (Lipinski definition) is 5. The Hall–Kier alpha value is 0.0700. The molecule has 21 heavy (non-hydrogen) atoms. The smallest absolute Gasteiger partial charge is 0.337 e. The van der Waals surface area contributed by atoms with Gasteiger partial charge in [0, 0.05) is 10.1 Å². The highest BCUT2D eigenvalue weighted by atomic mass is 127. The number of nitrogen functional groups attached to an aromatic ring is 1. The Balaban J connectivity index is 3.30. The molecule has 116 valence electrons. The maximum absolute atomic E-state index is 12.2. The molecule has 0 saturated heterocycles. The van der Waals surface area contributed by atoms with Gasteiger partial charge in [-0.3, -0.25) is 4.79 Å². The van der Waals surface area contributed by atoms with Crippen LogP contribution >= 0.6 is 67.8 Å². The summed E-state index contributed by atoms with van der Waals surface area (Å²) in [5, 5.41) is 29.7. The molecule has 0 aliphatic heterocycles. The Morgan fingerprint density at radius 2 is 1.67 bits per heavy atom. The number of carbonyl (C=O) groups excluding carboxylic acids is 1. The van der Waals surface area contributed by atoms with Crippen molar-refractivity contribution in [2.75, 3.05) is 18.9 Å². The molecule has 10 heteroatoms. The monoisotopic (exact) mass is 632 g/mol. The number of aliphatic hydroxyl groups excluding tert-OH is 2. The van der Waals surface area contributed by atoms with Crippen LogP contribution in [0.3, 0.4) is 0 Å². The van der Waals surface area contributed by atoms with Crippen LogP contribution in [0.5, 0.6) is 0 Å². The number of carbonyl (C=O) groups is 2. The van der Waals surface area contributed by atoms with Gasteiger partial charge < -0.3 is 26.4 Å². The number of anilines is 1. The van der Waals surface area contributed by atoms with Gasteiger partial charge >= 0.3 is 5.97 Å². The summed E-state index contributed by atoms with van der Waals surface area (Å²) in [6, 6.07) is 0. The van der Waals surface area contributed by atoms with E-state index in [0.29, 0.717) is 7.14 Å². The molecule has 6 N–H and O–H groups in total. The van der Waals surface area contributed by atoms with Crippen LogP contribution in [0.4, 0.5) is 5.69 Å². The van der Waals surface area contributed by atoms with E-state index in [1.807, 2.05) is 45.2 Å². The van der Waals surface area contributed by atoms with Crippen molar-refractivity contribution in [2.45, 2.75) is 6.10 Å². The van der Waals surface area contributed by atoms with Crippen molar-refractivity contribution >= 4 is 85.3 Å². The zero-order chi connectivity index (χ0) is 16.3. The van der Waals surface area contributed by atoms with Gasteiger partial charge in [0.1, 0.15) is 0 Å². The quantitative estimate of drug-likeness (QED) is 0.242. The Bertz CT molecular complexity index is 594. The number of aromatic carboxylic acids is 1. The number of nitrogens with one attached hydrogen (secondary N) is 1. The molecule has 1 aromatic carbocycles. The van der Waals surface area contributed by atoms with Gasteiger partial charge in [-0.15, -0.1) is 0 Å². The van der Waals surface area contributed by atoms with Crippen molar-refractivity contribution in [1.29, 1.82) is 0 Å². The Morgan fingerprint density at radius 1 is 1.14 bits per heavy atom. The minimum Gasteiger partial charge on any atom is -0.478 e. The lowest BCUT2D eigenvalue weighted by atomic mass is 10.1. The number of aliphatic hydroxyl groups is 2. The molecule has 0 aliphatic rings. The maximum Gasteiger partial charge on any atom is 0.337 e. The summed E-state index contributed by atoms with van der Waals surface area (Å²) in [7, 11) is 0. The van der Waals surface area contributed by atoms with E-state index in [9.17, 15) is 19.8 Å². The summed E-state index contributed by atoms with van der Waals surface area (Å²) in [5.41, 5.74) is 6.21. The zero-order valence-corrected chi connectivity index (χ0v) is 16.8. The highest BCUT2D eigenvalue weighted by molar-refractivity contribution is 14.1.